The standard InChI is InChI=1S/C19H14N2O2S2/c22-25(23,17-8-2-1-3-9-17)21-19-20-18(13-24-19)16-11-10-14-6-4-5-7-15(14)12-16/h1-13H,(H,20,21). The lowest BCUT2D eigenvalue weighted by molar-refractivity contribution is 0.601. The minimum Gasteiger partial charge on any atom is -0.255 e. The summed E-state index contributed by atoms with van der Waals surface area (Å²) in [6.45, 7) is 0. The topological polar surface area (TPSA) is 59.1 Å². The van der Waals surface area contributed by atoms with Crippen LogP contribution in [0.1, 0.15) is 0 Å². The highest BCUT2D eigenvalue weighted by atomic mass is 32.2. The van der Waals surface area contributed by atoms with Crippen molar-refractivity contribution in [3.63, 3.8) is 0 Å². The molecule has 4 rings (SSSR count). The lowest BCUT2D eigenvalue weighted by Gasteiger charge is -2.04. The number of nitrogens with zero attached hydrogens (tertiary/aromatic N) is 1. The molecule has 124 valence electrons. The zero-order chi connectivity index (χ0) is 17.3. The van der Waals surface area contributed by atoms with E-state index >= 15 is 0 Å². The maximum absolute atomic E-state index is 12.4. The lowest BCUT2D eigenvalue weighted by atomic mass is 10.1. The highest BCUT2D eigenvalue weighted by Crippen LogP contribution is 2.28. The van der Waals surface area contributed by atoms with Crippen molar-refractivity contribution in [2.45, 2.75) is 4.90 Å². The van der Waals surface area contributed by atoms with Crippen molar-refractivity contribution in [3.05, 3.63) is 78.2 Å². The summed E-state index contributed by atoms with van der Waals surface area (Å²) >= 11 is 1.27. The number of benzene rings is 3. The molecule has 0 aliphatic heterocycles. The Labute approximate surface area is 149 Å². The van der Waals surface area contributed by atoms with Gasteiger partial charge in [-0.05, 0) is 29.0 Å². The van der Waals surface area contributed by atoms with Gasteiger partial charge in [0, 0.05) is 10.9 Å². The fourth-order valence-corrected chi connectivity index (χ4v) is 4.57. The molecule has 0 spiro atoms. The van der Waals surface area contributed by atoms with Gasteiger partial charge in [0.2, 0.25) is 0 Å². The van der Waals surface area contributed by atoms with Crippen LogP contribution in [-0.2, 0) is 10.0 Å². The van der Waals surface area contributed by atoms with E-state index in [1.165, 1.54) is 11.3 Å². The molecule has 0 atom stereocenters. The minimum atomic E-state index is -3.62. The predicted octanol–water partition coefficient (Wildman–Crippen LogP) is 4.76. The van der Waals surface area contributed by atoms with Gasteiger partial charge in [-0.15, -0.1) is 11.3 Å². The first-order valence-corrected chi connectivity index (χ1v) is 10.0. The van der Waals surface area contributed by atoms with Crippen molar-refractivity contribution in [1.82, 2.24) is 4.98 Å². The van der Waals surface area contributed by atoms with Crippen LogP contribution in [0.25, 0.3) is 22.0 Å². The molecule has 0 saturated carbocycles. The van der Waals surface area contributed by atoms with E-state index in [1.807, 2.05) is 35.7 Å². The van der Waals surface area contributed by atoms with Gasteiger partial charge in [0.05, 0.1) is 10.6 Å². The zero-order valence-corrected chi connectivity index (χ0v) is 14.7. The van der Waals surface area contributed by atoms with Crippen molar-refractivity contribution in [3.8, 4) is 11.3 Å². The van der Waals surface area contributed by atoms with E-state index in [4.69, 9.17) is 0 Å². The fourth-order valence-electron chi connectivity index (χ4n) is 2.58. The highest BCUT2D eigenvalue weighted by Gasteiger charge is 2.16. The Morgan fingerprint density at radius 2 is 1.56 bits per heavy atom. The molecule has 0 aliphatic carbocycles. The van der Waals surface area contributed by atoms with Crippen molar-refractivity contribution in [2.24, 2.45) is 0 Å². The Morgan fingerprint density at radius 1 is 0.840 bits per heavy atom. The molecule has 0 unspecified atom stereocenters. The third-order valence-electron chi connectivity index (χ3n) is 3.82. The average molecular weight is 366 g/mol. The molecule has 1 N–H and O–H groups in total. The van der Waals surface area contributed by atoms with Gasteiger partial charge < -0.3 is 0 Å². The molecule has 4 aromatic rings. The van der Waals surface area contributed by atoms with Crippen molar-refractivity contribution < 1.29 is 8.42 Å². The molecule has 4 nitrogen and oxygen atoms in total. The van der Waals surface area contributed by atoms with Crippen molar-refractivity contribution in [1.29, 1.82) is 0 Å². The molecule has 0 aliphatic rings. The molecule has 0 radical (unpaired) electrons. The number of thiazole rings is 1. The first-order valence-electron chi connectivity index (χ1n) is 7.64. The summed E-state index contributed by atoms with van der Waals surface area (Å²) < 4.78 is 27.3. The number of nitrogens with one attached hydrogen (secondary N) is 1. The molecule has 1 heterocycles. The largest absolute Gasteiger partial charge is 0.263 e. The van der Waals surface area contributed by atoms with Crippen LogP contribution in [0.5, 0.6) is 0 Å². The summed E-state index contributed by atoms with van der Waals surface area (Å²) in [6, 6.07) is 22.5. The number of aromatic nitrogens is 1. The summed E-state index contributed by atoms with van der Waals surface area (Å²) in [5.74, 6) is 0. The van der Waals surface area contributed by atoms with Crippen molar-refractivity contribution >= 4 is 37.3 Å². The van der Waals surface area contributed by atoms with E-state index in [9.17, 15) is 8.42 Å². The quantitative estimate of drug-likeness (QED) is 0.566. The van der Waals surface area contributed by atoms with Crippen LogP contribution >= 0.6 is 11.3 Å². The Kier molecular flexibility index (Phi) is 3.99. The van der Waals surface area contributed by atoms with E-state index < -0.39 is 10.0 Å². The van der Waals surface area contributed by atoms with Crippen molar-refractivity contribution in [2.75, 3.05) is 4.72 Å². The molecular weight excluding hydrogens is 352 g/mol. The normalized spacial score (nSPS) is 11.5. The number of hydrogen-bond donors (Lipinski definition) is 1. The Bertz CT molecular complexity index is 1140. The molecule has 0 fully saturated rings. The van der Waals surface area contributed by atoms with Crippen LogP contribution in [0.15, 0.2) is 83.1 Å². The van der Waals surface area contributed by atoms with Gasteiger partial charge in [0.25, 0.3) is 10.0 Å². The number of sulfonamides is 1. The summed E-state index contributed by atoms with van der Waals surface area (Å²) in [5, 5.41) is 4.49. The average Bonchev–Trinajstić information content (AvgIpc) is 3.10. The smallest absolute Gasteiger partial charge is 0.255 e. The monoisotopic (exact) mass is 366 g/mol. The molecule has 1 aromatic heterocycles. The summed E-state index contributed by atoms with van der Waals surface area (Å²) in [7, 11) is -3.62. The van der Waals surface area contributed by atoms with Crippen LogP contribution in [-0.4, -0.2) is 13.4 Å². The van der Waals surface area contributed by atoms with Crippen LogP contribution in [0, 0.1) is 0 Å². The van der Waals surface area contributed by atoms with Gasteiger partial charge in [-0.3, -0.25) is 4.72 Å². The van der Waals surface area contributed by atoms with Crippen LogP contribution in [0.3, 0.4) is 0 Å². The Morgan fingerprint density at radius 3 is 2.36 bits per heavy atom. The van der Waals surface area contributed by atoms with Crippen LogP contribution in [0.2, 0.25) is 0 Å². The van der Waals surface area contributed by atoms with E-state index in [0.717, 1.165) is 22.0 Å². The van der Waals surface area contributed by atoms with Gasteiger partial charge in [-0.2, -0.15) is 0 Å². The number of anilines is 1. The van der Waals surface area contributed by atoms with Gasteiger partial charge in [-0.25, -0.2) is 13.4 Å². The minimum absolute atomic E-state index is 0.220. The second-order valence-electron chi connectivity index (χ2n) is 5.52. The van der Waals surface area contributed by atoms with Crippen LogP contribution in [0.4, 0.5) is 5.13 Å². The zero-order valence-electron chi connectivity index (χ0n) is 13.1. The first-order chi connectivity index (χ1) is 12.1. The molecular formula is C19H14N2O2S2. The Balaban J connectivity index is 1.63. The van der Waals surface area contributed by atoms with Gasteiger partial charge in [0.15, 0.2) is 5.13 Å². The van der Waals surface area contributed by atoms with E-state index in [0.29, 0.717) is 5.13 Å². The molecule has 0 bridgehead atoms. The lowest BCUT2D eigenvalue weighted by Crippen LogP contribution is -2.12. The molecule has 0 saturated heterocycles. The Hall–Kier alpha value is -2.70. The summed E-state index contributed by atoms with van der Waals surface area (Å²) in [4.78, 5) is 4.65. The molecule has 0 amide bonds. The molecule has 3 aromatic carbocycles. The maximum atomic E-state index is 12.4. The predicted molar refractivity (Wildman–Crippen MR) is 102 cm³/mol. The second kappa shape index (κ2) is 6.31. The fraction of sp³-hybridized carbons (Fsp3) is 0. The van der Waals surface area contributed by atoms with Gasteiger partial charge >= 0.3 is 0 Å². The van der Waals surface area contributed by atoms with E-state index in [1.54, 1.807) is 30.3 Å². The third-order valence-corrected chi connectivity index (χ3v) is 6.07. The summed E-state index contributed by atoms with van der Waals surface area (Å²) in [6.07, 6.45) is 0. The number of hydrogen-bond acceptors (Lipinski definition) is 4. The first kappa shape index (κ1) is 15.8. The highest BCUT2D eigenvalue weighted by molar-refractivity contribution is 7.93. The third kappa shape index (κ3) is 3.26. The maximum Gasteiger partial charge on any atom is 0.263 e. The van der Waals surface area contributed by atoms with Gasteiger partial charge in [-0.1, -0.05) is 54.6 Å². The molecule has 6 heteroatoms. The van der Waals surface area contributed by atoms with Crippen LogP contribution < -0.4 is 4.72 Å². The summed E-state index contributed by atoms with van der Waals surface area (Å²) in [5.41, 5.74) is 1.71. The number of fused-ring (bicyclic) bond motifs is 1. The van der Waals surface area contributed by atoms with Gasteiger partial charge in [0.1, 0.15) is 0 Å². The second-order valence-corrected chi connectivity index (χ2v) is 8.06. The van der Waals surface area contributed by atoms with E-state index in [2.05, 4.69) is 21.8 Å². The SMILES string of the molecule is O=S(=O)(Nc1nc(-c2ccc3ccccc3c2)cs1)c1ccccc1. The number of rotatable bonds is 4. The molecule has 25 heavy (non-hydrogen) atoms. The van der Waals surface area contributed by atoms with E-state index in [-0.39, 0.29) is 4.90 Å².